The number of benzene rings is 1. The van der Waals surface area contributed by atoms with Crippen molar-refractivity contribution >= 4 is 45.5 Å². The Labute approximate surface area is 118 Å². The fourth-order valence-electron chi connectivity index (χ4n) is 1.55. The number of hydrogen-bond donors (Lipinski definition) is 1. The zero-order valence-electron chi connectivity index (χ0n) is 8.49. The quantitative estimate of drug-likeness (QED) is 0.811. The van der Waals surface area contributed by atoms with Crippen LogP contribution in [0.15, 0.2) is 35.7 Å². The maximum atomic E-state index is 6.15. The molecule has 1 atom stereocenters. The summed E-state index contributed by atoms with van der Waals surface area (Å²) in [7, 11) is 0. The van der Waals surface area contributed by atoms with Gasteiger partial charge in [-0.2, -0.15) is 0 Å². The van der Waals surface area contributed by atoms with E-state index in [4.69, 9.17) is 17.3 Å². The van der Waals surface area contributed by atoms with Gasteiger partial charge in [-0.25, -0.2) is 0 Å². The zero-order valence-corrected chi connectivity index (χ0v) is 12.2. The molecule has 4 heteroatoms. The Balaban J connectivity index is 2.10. The van der Waals surface area contributed by atoms with Crippen LogP contribution in [0.25, 0.3) is 0 Å². The van der Waals surface area contributed by atoms with Gasteiger partial charge in [0.2, 0.25) is 0 Å². The molecule has 0 spiro atoms. The highest BCUT2D eigenvalue weighted by atomic mass is 127. The van der Waals surface area contributed by atoms with E-state index in [1.807, 2.05) is 18.2 Å². The van der Waals surface area contributed by atoms with Gasteiger partial charge in [0, 0.05) is 11.1 Å². The van der Waals surface area contributed by atoms with Crippen molar-refractivity contribution < 1.29 is 0 Å². The van der Waals surface area contributed by atoms with Crippen LogP contribution < -0.4 is 5.73 Å². The molecule has 0 aliphatic rings. The van der Waals surface area contributed by atoms with E-state index >= 15 is 0 Å². The van der Waals surface area contributed by atoms with E-state index in [1.54, 1.807) is 11.3 Å². The first-order chi connectivity index (χ1) is 7.65. The van der Waals surface area contributed by atoms with Gasteiger partial charge in [-0.05, 0) is 63.7 Å². The van der Waals surface area contributed by atoms with Gasteiger partial charge in [-0.15, -0.1) is 11.3 Å². The minimum absolute atomic E-state index is 0.0539. The van der Waals surface area contributed by atoms with Crippen molar-refractivity contribution in [1.29, 1.82) is 0 Å². The number of hydrogen-bond acceptors (Lipinski definition) is 2. The molecule has 2 N–H and O–H groups in total. The predicted octanol–water partition coefficient (Wildman–Crippen LogP) is 4.25. The molecule has 1 aromatic carbocycles. The van der Waals surface area contributed by atoms with Gasteiger partial charge in [0.15, 0.2) is 0 Å². The normalized spacial score (nSPS) is 12.7. The lowest BCUT2D eigenvalue weighted by Crippen LogP contribution is -2.12. The van der Waals surface area contributed by atoms with Gasteiger partial charge in [0.1, 0.15) is 0 Å². The molecule has 0 saturated heterocycles. The van der Waals surface area contributed by atoms with Crippen molar-refractivity contribution in [3.63, 3.8) is 0 Å². The molecule has 0 saturated carbocycles. The molecule has 1 unspecified atom stereocenters. The van der Waals surface area contributed by atoms with Gasteiger partial charge in [0.25, 0.3) is 0 Å². The van der Waals surface area contributed by atoms with Crippen LogP contribution >= 0.6 is 45.5 Å². The molecule has 1 heterocycles. The third kappa shape index (κ3) is 3.20. The molecule has 1 aromatic heterocycles. The van der Waals surface area contributed by atoms with Gasteiger partial charge in [-0.3, -0.25) is 0 Å². The van der Waals surface area contributed by atoms with Crippen LogP contribution in [-0.4, -0.2) is 0 Å². The average molecular weight is 364 g/mol. The Morgan fingerprint density at radius 3 is 2.81 bits per heavy atom. The first-order valence-electron chi connectivity index (χ1n) is 4.89. The minimum Gasteiger partial charge on any atom is -0.324 e. The maximum Gasteiger partial charge on any atom is 0.0656 e. The second-order valence-corrected chi connectivity index (χ2v) is 6.87. The predicted molar refractivity (Wildman–Crippen MR) is 79.1 cm³/mol. The summed E-state index contributed by atoms with van der Waals surface area (Å²) in [6.45, 7) is 0. The second-order valence-electron chi connectivity index (χ2n) is 3.62. The van der Waals surface area contributed by atoms with E-state index in [2.05, 4.69) is 40.1 Å². The molecular weight excluding hydrogens is 353 g/mol. The highest BCUT2D eigenvalue weighted by Crippen LogP contribution is 2.24. The third-order valence-corrected chi connectivity index (χ3v) is 4.40. The molecule has 0 bridgehead atoms. The summed E-state index contributed by atoms with van der Waals surface area (Å²) < 4.78 is 1.27. The first-order valence-corrected chi connectivity index (χ1v) is 7.23. The van der Waals surface area contributed by atoms with Crippen LogP contribution in [-0.2, 0) is 6.42 Å². The Bertz CT molecular complexity index is 483. The standard InChI is InChI=1S/C12H11ClINS/c13-10-3-1-2-8(4-10)5-11(15)9-6-12(14)16-7-9/h1-4,6-7,11H,5,15H2. The lowest BCUT2D eigenvalue weighted by atomic mass is 10.0. The fourth-order valence-corrected chi connectivity index (χ4v) is 3.20. The van der Waals surface area contributed by atoms with E-state index in [1.165, 1.54) is 14.0 Å². The van der Waals surface area contributed by atoms with Crippen LogP contribution in [0.3, 0.4) is 0 Å². The molecule has 0 aliphatic heterocycles. The second kappa shape index (κ2) is 5.49. The van der Waals surface area contributed by atoms with Crippen LogP contribution in [0.4, 0.5) is 0 Å². The van der Waals surface area contributed by atoms with Gasteiger partial charge in [0.05, 0.1) is 2.88 Å². The summed E-state index contributed by atoms with van der Waals surface area (Å²) in [6, 6.07) is 10.1. The summed E-state index contributed by atoms with van der Waals surface area (Å²) >= 11 is 9.98. The molecule has 1 nitrogen and oxygen atoms in total. The van der Waals surface area contributed by atoms with E-state index in [-0.39, 0.29) is 6.04 Å². The van der Waals surface area contributed by atoms with Crippen molar-refractivity contribution in [2.24, 2.45) is 5.73 Å². The topological polar surface area (TPSA) is 26.0 Å². The molecule has 2 rings (SSSR count). The smallest absolute Gasteiger partial charge is 0.0656 e. The van der Waals surface area contributed by atoms with Crippen LogP contribution in [0.2, 0.25) is 5.02 Å². The molecular formula is C12H11ClINS. The molecule has 0 amide bonds. The van der Waals surface area contributed by atoms with Crippen molar-refractivity contribution in [3.8, 4) is 0 Å². The Hall–Kier alpha value is -0.100. The third-order valence-electron chi connectivity index (χ3n) is 2.36. The monoisotopic (exact) mass is 363 g/mol. The first kappa shape index (κ1) is 12.4. The van der Waals surface area contributed by atoms with Crippen molar-refractivity contribution in [1.82, 2.24) is 0 Å². The molecule has 0 aliphatic carbocycles. The summed E-state index contributed by atoms with van der Waals surface area (Å²) in [5, 5.41) is 2.89. The highest BCUT2D eigenvalue weighted by Gasteiger charge is 2.09. The zero-order chi connectivity index (χ0) is 11.5. The Morgan fingerprint density at radius 2 is 2.19 bits per heavy atom. The summed E-state index contributed by atoms with van der Waals surface area (Å²) in [6.07, 6.45) is 0.827. The largest absolute Gasteiger partial charge is 0.324 e. The van der Waals surface area contributed by atoms with Crippen LogP contribution in [0, 0.1) is 2.88 Å². The summed E-state index contributed by atoms with van der Waals surface area (Å²) in [4.78, 5) is 0. The fraction of sp³-hybridized carbons (Fsp3) is 0.167. The molecule has 84 valence electrons. The average Bonchev–Trinajstić information content (AvgIpc) is 2.65. The van der Waals surface area contributed by atoms with Crippen LogP contribution in [0.1, 0.15) is 17.2 Å². The Kier molecular flexibility index (Phi) is 4.24. The Morgan fingerprint density at radius 1 is 1.38 bits per heavy atom. The van der Waals surface area contributed by atoms with E-state index < -0.39 is 0 Å². The molecule has 2 aromatic rings. The number of rotatable bonds is 3. The molecule has 0 fully saturated rings. The summed E-state index contributed by atoms with van der Waals surface area (Å²) in [5.74, 6) is 0. The van der Waals surface area contributed by atoms with Gasteiger partial charge >= 0.3 is 0 Å². The lowest BCUT2D eigenvalue weighted by molar-refractivity contribution is 0.725. The molecule has 16 heavy (non-hydrogen) atoms. The summed E-state index contributed by atoms with van der Waals surface area (Å²) in [5.41, 5.74) is 8.54. The van der Waals surface area contributed by atoms with Crippen LogP contribution in [0.5, 0.6) is 0 Å². The van der Waals surface area contributed by atoms with E-state index in [0.717, 1.165) is 11.4 Å². The van der Waals surface area contributed by atoms with Gasteiger partial charge in [-0.1, -0.05) is 23.7 Å². The number of nitrogens with two attached hydrogens (primary N) is 1. The van der Waals surface area contributed by atoms with Gasteiger partial charge < -0.3 is 5.73 Å². The molecule has 0 radical (unpaired) electrons. The van der Waals surface area contributed by atoms with Crippen molar-refractivity contribution in [3.05, 3.63) is 54.7 Å². The van der Waals surface area contributed by atoms with Crippen molar-refractivity contribution in [2.75, 3.05) is 0 Å². The SMILES string of the molecule is NC(Cc1cccc(Cl)c1)c1csc(I)c1. The van der Waals surface area contributed by atoms with E-state index in [9.17, 15) is 0 Å². The minimum atomic E-state index is 0.0539. The highest BCUT2D eigenvalue weighted by molar-refractivity contribution is 14.1. The lowest BCUT2D eigenvalue weighted by Gasteiger charge is -2.09. The van der Waals surface area contributed by atoms with Crippen molar-refractivity contribution in [2.45, 2.75) is 12.5 Å². The number of thiophene rings is 1. The maximum absolute atomic E-state index is 6.15. The van der Waals surface area contributed by atoms with E-state index in [0.29, 0.717) is 0 Å². The number of halogens is 2.